The average Bonchev–Trinajstić information content (AvgIpc) is 2.02. The fraction of sp³-hybridized carbons (Fsp3) is 0.875. The van der Waals surface area contributed by atoms with Crippen LogP contribution in [0, 0.1) is 0 Å². The second kappa shape index (κ2) is 3.65. The van der Waals surface area contributed by atoms with Gasteiger partial charge in [0.25, 0.3) is 0 Å². The molecule has 4 N–H and O–H groups in total. The zero-order chi connectivity index (χ0) is 11.0. The van der Waals surface area contributed by atoms with E-state index in [1.165, 1.54) is 6.66 Å². The van der Waals surface area contributed by atoms with E-state index < -0.39 is 24.5 Å². The van der Waals surface area contributed by atoms with Crippen LogP contribution in [0.3, 0.4) is 0 Å². The lowest BCUT2D eigenvalue weighted by atomic mass is 9.82. The average molecular weight is 221 g/mol. The van der Waals surface area contributed by atoms with Gasteiger partial charge in [0.2, 0.25) is 7.37 Å². The maximum Gasteiger partial charge on any atom is 0.323 e. The highest BCUT2D eigenvalue weighted by atomic mass is 31.2. The van der Waals surface area contributed by atoms with Crippen LogP contribution in [0.25, 0.3) is 0 Å². The SMILES string of the molecule is CP(=O)(O)[C@@H]1CCC[C@](N)(C(=O)O)C1. The lowest BCUT2D eigenvalue weighted by Gasteiger charge is -2.35. The number of carbonyl (C=O) groups is 1. The van der Waals surface area contributed by atoms with Crippen molar-refractivity contribution in [1.82, 2.24) is 0 Å². The molecule has 82 valence electrons. The van der Waals surface area contributed by atoms with E-state index in [2.05, 4.69) is 0 Å². The third-order valence-electron chi connectivity index (χ3n) is 2.86. The van der Waals surface area contributed by atoms with Crippen molar-refractivity contribution >= 4 is 13.3 Å². The molecule has 0 aliphatic heterocycles. The van der Waals surface area contributed by atoms with Gasteiger partial charge in [0.1, 0.15) is 5.54 Å². The predicted octanol–water partition coefficient (Wildman–Crippen LogP) is 0.611. The first-order valence-electron chi connectivity index (χ1n) is 4.58. The molecular weight excluding hydrogens is 205 g/mol. The molecule has 1 aliphatic rings. The normalized spacial score (nSPS) is 37.5. The molecule has 5 nitrogen and oxygen atoms in total. The number of aliphatic carboxylic acids is 1. The molecule has 0 aromatic carbocycles. The molecule has 0 spiro atoms. The van der Waals surface area contributed by atoms with E-state index in [1.54, 1.807) is 0 Å². The van der Waals surface area contributed by atoms with Crippen LogP contribution in [0.5, 0.6) is 0 Å². The van der Waals surface area contributed by atoms with Crippen LogP contribution in [0.4, 0.5) is 0 Å². The number of hydrogen-bond acceptors (Lipinski definition) is 3. The van der Waals surface area contributed by atoms with E-state index >= 15 is 0 Å². The molecular formula is C8H16NO4P. The Morgan fingerprint density at radius 3 is 2.64 bits per heavy atom. The van der Waals surface area contributed by atoms with Crippen molar-refractivity contribution in [2.24, 2.45) is 5.73 Å². The molecule has 6 heteroatoms. The first-order valence-corrected chi connectivity index (χ1v) is 6.75. The third kappa shape index (κ3) is 2.35. The molecule has 0 amide bonds. The van der Waals surface area contributed by atoms with Crippen LogP contribution in [-0.2, 0) is 9.36 Å². The van der Waals surface area contributed by atoms with Crippen molar-refractivity contribution in [2.45, 2.75) is 36.9 Å². The second-order valence-corrected chi connectivity index (χ2v) is 6.77. The van der Waals surface area contributed by atoms with Gasteiger partial charge in [0.05, 0.1) is 0 Å². The minimum absolute atomic E-state index is 0.104. The van der Waals surface area contributed by atoms with Gasteiger partial charge in [-0.25, -0.2) is 0 Å². The number of carboxylic acid groups (broad SMARTS) is 1. The van der Waals surface area contributed by atoms with E-state index in [4.69, 9.17) is 10.8 Å². The minimum Gasteiger partial charge on any atom is -0.480 e. The summed E-state index contributed by atoms with van der Waals surface area (Å²) in [5, 5.41) is 8.88. The summed E-state index contributed by atoms with van der Waals surface area (Å²) in [6, 6.07) is 0. The Balaban J connectivity index is 2.79. The fourth-order valence-corrected chi connectivity index (χ4v) is 3.21. The van der Waals surface area contributed by atoms with Crippen LogP contribution >= 0.6 is 7.37 Å². The van der Waals surface area contributed by atoms with Crippen LogP contribution in [0.1, 0.15) is 25.7 Å². The van der Waals surface area contributed by atoms with Crippen molar-refractivity contribution < 1.29 is 19.4 Å². The smallest absolute Gasteiger partial charge is 0.323 e. The lowest BCUT2D eigenvalue weighted by Crippen LogP contribution is -2.52. The van der Waals surface area contributed by atoms with Gasteiger partial charge in [-0.15, -0.1) is 0 Å². The summed E-state index contributed by atoms with van der Waals surface area (Å²) in [6.45, 7) is 1.27. The molecule has 0 heterocycles. The quantitative estimate of drug-likeness (QED) is 0.593. The Morgan fingerprint density at radius 2 is 2.21 bits per heavy atom. The highest BCUT2D eigenvalue weighted by Crippen LogP contribution is 2.50. The number of rotatable bonds is 2. The number of hydrogen-bond donors (Lipinski definition) is 3. The van der Waals surface area contributed by atoms with Gasteiger partial charge in [-0.05, 0) is 19.3 Å². The van der Waals surface area contributed by atoms with Gasteiger partial charge in [-0.1, -0.05) is 6.42 Å². The molecule has 0 aromatic rings. The van der Waals surface area contributed by atoms with Crippen LogP contribution in [0.15, 0.2) is 0 Å². The monoisotopic (exact) mass is 221 g/mol. The Labute approximate surface area is 82.8 Å². The molecule has 1 fully saturated rings. The van der Waals surface area contributed by atoms with Crippen molar-refractivity contribution in [2.75, 3.05) is 6.66 Å². The van der Waals surface area contributed by atoms with Crippen LogP contribution in [0.2, 0.25) is 0 Å². The Kier molecular flexibility index (Phi) is 3.04. The largest absolute Gasteiger partial charge is 0.480 e. The van der Waals surface area contributed by atoms with Crippen molar-refractivity contribution in [3.05, 3.63) is 0 Å². The minimum atomic E-state index is -3.20. The Morgan fingerprint density at radius 1 is 1.64 bits per heavy atom. The van der Waals surface area contributed by atoms with Gasteiger partial charge < -0.3 is 15.7 Å². The molecule has 0 radical (unpaired) electrons. The van der Waals surface area contributed by atoms with Crippen LogP contribution in [-0.4, -0.2) is 33.8 Å². The maximum absolute atomic E-state index is 11.4. The van der Waals surface area contributed by atoms with Crippen molar-refractivity contribution in [1.29, 1.82) is 0 Å². The maximum atomic E-state index is 11.4. The predicted molar refractivity (Wildman–Crippen MR) is 52.6 cm³/mol. The van der Waals surface area contributed by atoms with E-state index in [1.807, 2.05) is 0 Å². The van der Waals surface area contributed by atoms with Crippen molar-refractivity contribution in [3.8, 4) is 0 Å². The Bertz CT molecular complexity index is 287. The summed E-state index contributed by atoms with van der Waals surface area (Å²) < 4.78 is 11.4. The fourth-order valence-electron chi connectivity index (χ4n) is 1.88. The topological polar surface area (TPSA) is 101 Å². The summed E-state index contributed by atoms with van der Waals surface area (Å²) in [6.07, 6.45) is 1.69. The van der Waals surface area contributed by atoms with Gasteiger partial charge in [0, 0.05) is 12.3 Å². The molecule has 3 atom stereocenters. The summed E-state index contributed by atoms with van der Waals surface area (Å²) in [7, 11) is -3.20. The van der Waals surface area contributed by atoms with E-state index in [0.717, 1.165) is 0 Å². The molecule has 14 heavy (non-hydrogen) atoms. The van der Waals surface area contributed by atoms with Gasteiger partial charge in [0.15, 0.2) is 0 Å². The van der Waals surface area contributed by atoms with E-state index in [0.29, 0.717) is 19.3 Å². The van der Waals surface area contributed by atoms with Gasteiger partial charge >= 0.3 is 5.97 Å². The standard InChI is InChI=1S/C8H16NO4P/c1-14(12,13)6-3-2-4-8(9,5-6)7(10)11/h6H,2-5,9H2,1H3,(H,10,11)(H,12,13)/t6-,8-/m1/s1. The second-order valence-electron chi connectivity index (χ2n) is 4.15. The van der Waals surface area contributed by atoms with Crippen molar-refractivity contribution in [3.63, 3.8) is 0 Å². The zero-order valence-corrected chi connectivity index (χ0v) is 9.04. The summed E-state index contributed by atoms with van der Waals surface area (Å²) in [5.41, 5.74) is 3.89. The molecule has 1 rings (SSSR count). The molecule has 0 bridgehead atoms. The number of carboxylic acids is 1. The zero-order valence-electron chi connectivity index (χ0n) is 8.14. The van der Waals surface area contributed by atoms with Gasteiger partial charge in [-0.3, -0.25) is 9.36 Å². The summed E-state index contributed by atoms with van der Waals surface area (Å²) in [4.78, 5) is 20.2. The lowest BCUT2D eigenvalue weighted by molar-refractivity contribution is -0.144. The molecule has 0 aromatic heterocycles. The Hall–Kier alpha value is -0.380. The third-order valence-corrected chi connectivity index (χ3v) is 4.66. The first-order chi connectivity index (χ1) is 6.26. The van der Waals surface area contributed by atoms with E-state index in [-0.39, 0.29) is 6.42 Å². The summed E-state index contributed by atoms with van der Waals surface area (Å²) >= 11 is 0. The highest BCUT2D eigenvalue weighted by Gasteiger charge is 2.43. The number of nitrogens with two attached hydrogens (primary N) is 1. The summed E-state index contributed by atoms with van der Waals surface area (Å²) in [5.74, 6) is -1.07. The first kappa shape index (κ1) is 11.7. The molecule has 1 unspecified atom stereocenters. The van der Waals surface area contributed by atoms with Crippen LogP contribution < -0.4 is 5.73 Å². The molecule has 1 aliphatic carbocycles. The van der Waals surface area contributed by atoms with Gasteiger partial charge in [-0.2, -0.15) is 0 Å². The van der Waals surface area contributed by atoms with E-state index in [9.17, 15) is 14.3 Å². The highest BCUT2D eigenvalue weighted by molar-refractivity contribution is 7.57. The molecule has 1 saturated carbocycles. The molecule has 0 saturated heterocycles.